The number of aryl methyl sites for hydroxylation is 3. The summed E-state index contributed by atoms with van der Waals surface area (Å²) < 4.78 is 16.6. The molecule has 0 spiro atoms. The number of aromatic amines is 1. The summed E-state index contributed by atoms with van der Waals surface area (Å²) in [6.07, 6.45) is 1.84. The van der Waals surface area contributed by atoms with Crippen molar-refractivity contribution in [1.82, 2.24) is 20.5 Å². The Morgan fingerprint density at radius 3 is 2.43 bits per heavy atom. The maximum Gasteiger partial charge on any atom is 0.252 e. The number of nitrogens with zero attached hydrogens (tertiary/aromatic N) is 2. The highest BCUT2D eigenvalue weighted by Gasteiger charge is 2.21. The third kappa shape index (κ3) is 5.08. The maximum absolute atomic E-state index is 13.0. The monoisotopic (exact) mass is 514 g/mol. The van der Waals surface area contributed by atoms with Crippen LogP contribution in [0.1, 0.15) is 77.4 Å². The fraction of sp³-hybridized carbons (Fsp3) is 0.323. The Bertz CT molecular complexity index is 1670. The van der Waals surface area contributed by atoms with Crippen molar-refractivity contribution in [3.63, 3.8) is 0 Å². The summed E-state index contributed by atoms with van der Waals surface area (Å²) in [5, 5.41) is 11.8. The molecule has 0 radical (unpaired) electrons. The molecule has 2 aromatic carbocycles. The Balaban J connectivity index is 1.81. The second-order valence-corrected chi connectivity index (χ2v) is 10.8. The minimum atomic E-state index is -0.0507. The molecule has 0 bridgehead atoms. The Kier molecular flexibility index (Phi) is 6.83. The second-order valence-electron chi connectivity index (χ2n) is 9.68. The summed E-state index contributed by atoms with van der Waals surface area (Å²) in [6.45, 7) is 18.5. The van der Waals surface area contributed by atoms with Gasteiger partial charge in [0, 0.05) is 27.4 Å². The van der Waals surface area contributed by atoms with Gasteiger partial charge in [-0.15, -0.1) is 0 Å². The van der Waals surface area contributed by atoms with Crippen molar-refractivity contribution in [1.29, 1.82) is 0 Å². The zero-order chi connectivity index (χ0) is 28.8. The van der Waals surface area contributed by atoms with Gasteiger partial charge in [-0.2, -0.15) is 5.10 Å². The summed E-state index contributed by atoms with van der Waals surface area (Å²) in [5.74, 6) is -0.0507. The number of aromatic nitrogens is 3. The zero-order valence-corrected chi connectivity index (χ0v) is 24.0. The number of hydrogen-bond acceptors (Lipinski definition) is 4. The largest absolute Gasteiger partial charge is 0.352 e. The quantitative estimate of drug-likeness (QED) is 0.278. The number of allylic oxidation sites excluding steroid dienone is 1. The average Bonchev–Trinajstić information content (AvgIpc) is 3.32. The summed E-state index contributed by atoms with van der Waals surface area (Å²) in [4.78, 5) is 19.6. The minimum absolute atomic E-state index is 0.0507. The summed E-state index contributed by atoms with van der Waals surface area (Å²) >= 11 is 1.61. The SMILES string of the molecule is [2H]c1c(/C=C(\C)c2n[nH]c3cc(Sc4cc(C)c(C)c(C)c4C(=O)NCC)c(C)c(C)c23)nc(C)c(C)c1[2H]. The third-order valence-electron chi connectivity index (χ3n) is 7.22. The van der Waals surface area contributed by atoms with E-state index in [2.05, 4.69) is 60.3 Å². The van der Waals surface area contributed by atoms with E-state index in [1.54, 1.807) is 11.8 Å². The van der Waals surface area contributed by atoms with Gasteiger partial charge in [-0.1, -0.05) is 17.8 Å². The Morgan fingerprint density at radius 1 is 1.00 bits per heavy atom. The highest BCUT2D eigenvalue weighted by molar-refractivity contribution is 7.99. The van der Waals surface area contributed by atoms with Crippen LogP contribution < -0.4 is 5.32 Å². The van der Waals surface area contributed by atoms with Crippen LogP contribution in [0.4, 0.5) is 0 Å². The Morgan fingerprint density at radius 2 is 1.73 bits per heavy atom. The fourth-order valence-electron chi connectivity index (χ4n) is 4.50. The first-order valence-electron chi connectivity index (χ1n) is 13.5. The molecule has 192 valence electrons. The van der Waals surface area contributed by atoms with Crippen molar-refractivity contribution in [3.05, 3.63) is 80.2 Å². The first-order valence-corrected chi connectivity index (χ1v) is 13.4. The highest BCUT2D eigenvalue weighted by Crippen LogP contribution is 2.40. The molecule has 0 aliphatic carbocycles. The van der Waals surface area contributed by atoms with Gasteiger partial charge in [-0.25, -0.2) is 0 Å². The molecule has 37 heavy (non-hydrogen) atoms. The van der Waals surface area contributed by atoms with E-state index < -0.39 is 0 Å². The smallest absolute Gasteiger partial charge is 0.252 e. The molecule has 0 fully saturated rings. The predicted octanol–water partition coefficient (Wildman–Crippen LogP) is 7.58. The van der Waals surface area contributed by atoms with Crippen molar-refractivity contribution in [3.8, 4) is 0 Å². The molecule has 0 saturated heterocycles. The summed E-state index contributed by atoms with van der Waals surface area (Å²) in [7, 11) is 0. The lowest BCUT2D eigenvalue weighted by Crippen LogP contribution is -2.24. The minimum Gasteiger partial charge on any atom is -0.352 e. The molecule has 2 aromatic heterocycles. The van der Waals surface area contributed by atoms with E-state index in [4.69, 9.17) is 2.74 Å². The molecule has 4 aromatic rings. The van der Waals surface area contributed by atoms with Gasteiger partial charge in [0.15, 0.2) is 0 Å². The van der Waals surface area contributed by atoms with E-state index in [0.717, 1.165) is 76.6 Å². The van der Waals surface area contributed by atoms with Crippen LogP contribution in [0.3, 0.4) is 0 Å². The number of benzene rings is 2. The average molecular weight is 515 g/mol. The molecular weight excluding hydrogens is 476 g/mol. The first-order chi connectivity index (χ1) is 18.4. The molecular formula is C31H36N4OS. The number of amides is 1. The van der Waals surface area contributed by atoms with Crippen LogP contribution in [0.15, 0.2) is 34.0 Å². The van der Waals surface area contributed by atoms with Crippen LogP contribution in [0.5, 0.6) is 0 Å². The van der Waals surface area contributed by atoms with Crippen LogP contribution >= 0.6 is 11.8 Å². The van der Waals surface area contributed by atoms with E-state index in [0.29, 0.717) is 12.2 Å². The van der Waals surface area contributed by atoms with Gasteiger partial charge >= 0.3 is 0 Å². The molecule has 2 N–H and O–H groups in total. The number of H-pyrrole nitrogens is 1. The number of nitrogens with one attached hydrogen (secondary N) is 2. The van der Waals surface area contributed by atoms with E-state index in [-0.39, 0.29) is 18.0 Å². The van der Waals surface area contributed by atoms with E-state index in [9.17, 15) is 4.79 Å². The molecule has 2 heterocycles. The van der Waals surface area contributed by atoms with Crippen LogP contribution in [0, 0.1) is 48.5 Å². The summed E-state index contributed by atoms with van der Waals surface area (Å²) in [6, 6.07) is 4.54. The molecule has 0 aliphatic heterocycles. The van der Waals surface area contributed by atoms with E-state index in [1.807, 2.05) is 40.7 Å². The normalized spacial score (nSPS) is 12.6. The van der Waals surface area contributed by atoms with Gasteiger partial charge in [-0.05, 0) is 126 Å². The molecule has 0 aliphatic rings. The molecule has 1 amide bonds. The van der Waals surface area contributed by atoms with Crippen molar-refractivity contribution in [2.45, 2.75) is 72.1 Å². The molecule has 4 rings (SSSR count). The van der Waals surface area contributed by atoms with Crippen LogP contribution in [-0.2, 0) is 0 Å². The second kappa shape index (κ2) is 10.5. The van der Waals surface area contributed by atoms with E-state index >= 15 is 0 Å². The van der Waals surface area contributed by atoms with Gasteiger partial charge < -0.3 is 5.32 Å². The summed E-state index contributed by atoms with van der Waals surface area (Å²) in [5.41, 5.74) is 10.8. The fourth-order valence-corrected chi connectivity index (χ4v) is 5.80. The van der Waals surface area contributed by atoms with Crippen molar-refractivity contribution in [2.75, 3.05) is 6.54 Å². The molecule has 0 atom stereocenters. The topological polar surface area (TPSA) is 70.7 Å². The Labute approximate surface area is 227 Å². The Hall–Kier alpha value is -3.38. The van der Waals surface area contributed by atoms with Crippen LogP contribution in [-0.4, -0.2) is 27.6 Å². The van der Waals surface area contributed by atoms with Crippen LogP contribution in [0.2, 0.25) is 0 Å². The van der Waals surface area contributed by atoms with Gasteiger partial charge in [0.25, 0.3) is 5.91 Å². The number of carbonyl (C=O) groups excluding carboxylic acids is 1. The molecule has 5 nitrogen and oxygen atoms in total. The number of rotatable bonds is 6. The number of carbonyl (C=O) groups is 1. The van der Waals surface area contributed by atoms with Gasteiger partial charge in [0.1, 0.15) is 0 Å². The molecule has 0 unspecified atom stereocenters. The van der Waals surface area contributed by atoms with Gasteiger partial charge in [-0.3, -0.25) is 14.9 Å². The standard InChI is InChI=1S/C31H36N4OS/c1-10-32-31(36)29-21(7)19(5)17(3)14-27(29)37-26-15-25-28(22(8)20(26)6)30(35-34-25)18(4)13-24-12-11-16(2)23(9)33-24/h11-15H,10H2,1-9H3,(H,32,36)(H,34,35)/b18-13+/i11D,12D. The molecule has 0 saturated carbocycles. The van der Waals surface area contributed by atoms with Crippen molar-refractivity contribution < 1.29 is 7.54 Å². The van der Waals surface area contributed by atoms with Crippen molar-refractivity contribution in [2.24, 2.45) is 0 Å². The number of pyridine rings is 1. The third-order valence-corrected chi connectivity index (χ3v) is 8.41. The number of fused-ring (bicyclic) bond motifs is 1. The maximum atomic E-state index is 13.0. The predicted molar refractivity (Wildman–Crippen MR) is 156 cm³/mol. The van der Waals surface area contributed by atoms with Crippen molar-refractivity contribution >= 4 is 40.2 Å². The molecule has 6 heteroatoms. The van der Waals surface area contributed by atoms with Gasteiger partial charge in [0.05, 0.1) is 25.2 Å². The highest BCUT2D eigenvalue weighted by atomic mass is 32.2. The van der Waals surface area contributed by atoms with Crippen LogP contribution in [0.25, 0.3) is 22.6 Å². The lowest BCUT2D eigenvalue weighted by molar-refractivity contribution is 0.0952. The lowest BCUT2D eigenvalue weighted by Gasteiger charge is -2.18. The van der Waals surface area contributed by atoms with E-state index in [1.165, 1.54) is 0 Å². The zero-order valence-electron chi connectivity index (χ0n) is 25.2. The number of hydrogen-bond donors (Lipinski definition) is 2. The van der Waals surface area contributed by atoms with Gasteiger partial charge in [0.2, 0.25) is 0 Å². The lowest BCUT2D eigenvalue weighted by atomic mass is 9.98. The first kappa shape index (κ1) is 24.0.